The van der Waals surface area contributed by atoms with Crippen LogP contribution < -0.4 is 9.47 Å². The van der Waals surface area contributed by atoms with Crippen molar-refractivity contribution in [1.82, 2.24) is 4.90 Å². The lowest BCUT2D eigenvalue weighted by atomic mass is 9.94. The zero-order chi connectivity index (χ0) is 23.0. The van der Waals surface area contributed by atoms with Crippen molar-refractivity contribution in [3.05, 3.63) is 63.2 Å². The van der Waals surface area contributed by atoms with Gasteiger partial charge in [0, 0.05) is 18.2 Å². The fraction of sp³-hybridized carbons (Fsp3) is 0.273. The summed E-state index contributed by atoms with van der Waals surface area (Å²) in [5.41, 5.74) is -0.299. The van der Waals surface area contributed by atoms with Crippen LogP contribution >= 0.6 is 0 Å². The summed E-state index contributed by atoms with van der Waals surface area (Å²) < 4.78 is 11.0. The number of fused-ring (bicyclic) bond motifs is 1. The van der Waals surface area contributed by atoms with Crippen molar-refractivity contribution in [1.29, 1.82) is 0 Å². The number of likely N-dealkylation sites (tertiary alicyclic amines) is 1. The molecule has 0 spiro atoms. The third kappa shape index (κ3) is 3.49. The smallest absolute Gasteiger partial charge is 0.311 e. The highest BCUT2D eigenvalue weighted by Crippen LogP contribution is 2.42. The Labute approximate surface area is 182 Å². The Balaban J connectivity index is 1.88. The molecule has 1 fully saturated rings. The Morgan fingerprint density at radius 2 is 1.88 bits per heavy atom. The molecule has 166 valence electrons. The number of carbonyl (C=O) groups excluding carboxylic acids is 2. The molecule has 32 heavy (non-hydrogen) atoms. The number of nitro groups is 1. The van der Waals surface area contributed by atoms with Gasteiger partial charge in [0.2, 0.25) is 0 Å². The van der Waals surface area contributed by atoms with E-state index in [1.165, 1.54) is 23.1 Å². The van der Waals surface area contributed by atoms with E-state index in [9.17, 15) is 29.9 Å². The first-order valence-electron chi connectivity index (χ1n) is 9.99. The van der Waals surface area contributed by atoms with E-state index in [-0.39, 0.29) is 23.2 Å². The highest BCUT2D eigenvalue weighted by molar-refractivity contribution is 6.46. The number of ketones is 1. The van der Waals surface area contributed by atoms with Crippen molar-refractivity contribution in [3.63, 3.8) is 0 Å². The van der Waals surface area contributed by atoms with Gasteiger partial charge in [-0.15, -0.1) is 0 Å². The maximum absolute atomic E-state index is 12.9. The highest BCUT2D eigenvalue weighted by Gasteiger charge is 2.46. The van der Waals surface area contributed by atoms with Crippen LogP contribution in [0.5, 0.6) is 17.2 Å². The van der Waals surface area contributed by atoms with Gasteiger partial charge in [0.05, 0.1) is 16.5 Å². The van der Waals surface area contributed by atoms with Gasteiger partial charge >= 0.3 is 5.69 Å². The largest absolute Gasteiger partial charge is 0.507 e. The molecule has 2 heterocycles. The molecule has 2 aromatic carbocycles. The number of aromatic hydroxyl groups is 1. The zero-order valence-electron chi connectivity index (χ0n) is 17.1. The summed E-state index contributed by atoms with van der Waals surface area (Å²) in [6.45, 7) is 2.73. The predicted octanol–water partition coefficient (Wildman–Crippen LogP) is 2.90. The van der Waals surface area contributed by atoms with Crippen molar-refractivity contribution in [2.24, 2.45) is 0 Å². The number of amides is 1. The van der Waals surface area contributed by atoms with Gasteiger partial charge in [0.1, 0.15) is 19.0 Å². The van der Waals surface area contributed by atoms with Crippen molar-refractivity contribution in [2.75, 3.05) is 19.8 Å². The highest BCUT2D eigenvalue weighted by atomic mass is 16.6. The maximum Gasteiger partial charge on any atom is 0.311 e. The molecule has 0 radical (unpaired) electrons. The normalized spacial score (nSPS) is 19.3. The molecule has 2 aliphatic rings. The second-order valence-corrected chi connectivity index (χ2v) is 7.36. The van der Waals surface area contributed by atoms with Crippen LogP contribution in [0.4, 0.5) is 5.69 Å². The standard InChI is InChI=1S/C22H20N2O8/c1-2-7-23-19(12-3-5-15(25)14(10-12)24(29)30)18(21(27)22(23)28)20(26)13-4-6-16-17(11-13)32-9-8-31-16/h3-6,10-11,19,25-26H,2,7-9H2,1H3/b20-18+. The molecule has 1 unspecified atom stereocenters. The van der Waals surface area contributed by atoms with Crippen LogP contribution in [-0.4, -0.2) is 51.5 Å². The molecule has 0 aliphatic carbocycles. The number of ether oxygens (including phenoxy) is 2. The first-order valence-corrected chi connectivity index (χ1v) is 9.99. The van der Waals surface area contributed by atoms with Gasteiger partial charge in [-0.1, -0.05) is 13.0 Å². The van der Waals surface area contributed by atoms with Crippen molar-refractivity contribution in [3.8, 4) is 17.2 Å². The Morgan fingerprint density at radius 3 is 2.56 bits per heavy atom. The number of aliphatic hydroxyl groups is 1. The maximum atomic E-state index is 12.9. The molecule has 2 N–H and O–H groups in total. The minimum atomic E-state index is -1.05. The van der Waals surface area contributed by atoms with Gasteiger partial charge < -0.3 is 24.6 Å². The van der Waals surface area contributed by atoms with Crippen molar-refractivity contribution in [2.45, 2.75) is 19.4 Å². The fourth-order valence-corrected chi connectivity index (χ4v) is 3.90. The van der Waals surface area contributed by atoms with Gasteiger partial charge in [-0.3, -0.25) is 19.7 Å². The molecule has 0 aromatic heterocycles. The molecule has 1 atom stereocenters. The molecule has 4 rings (SSSR count). The van der Waals surface area contributed by atoms with Crippen molar-refractivity contribution >= 4 is 23.1 Å². The number of nitro benzene ring substituents is 1. The first-order chi connectivity index (χ1) is 15.3. The fourth-order valence-electron chi connectivity index (χ4n) is 3.90. The average Bonchev–Trinajstić information content (AvgIpc) is 3.03. The van der Waals surface area contributed by atoms with Crippen LogP contribution in [0.2, 0.25) is 0 Å². The molecular weight excluding hydrogens is 420 g/mol. The zero-order valence-corrected chi connectivity index (χ0v) is 17.1. The number of phenols is 1. The van der Waals surface area contributed by atoms with Crippen LogP contribution in [-0.2, 0) is 9.59 Å². The Kier molecular flexibility index (Phi) is 5.43. The quantitative estimate of drug-likeness (QED) is 0.238. The Morgan fingerprint density at radius 1 is 1.16 bits per heavy atom. The SMILES string of the molecule is CCCN1C(=O)C(=O)/C(=C(/O)c2ccc3c(c2)OCCO3)C1c1ccc(O)c([N+](=O)[O-])c1. The molecule has 10 nitrogen and oxygen atoms in total. The number of benzene rings is 2. The van der Waals surface area contributed by atoms with E-state index in [0.717, 1.165) is 12.1 Å². The topological polar surface area (TPSA) is 139 Å². The number of hydrogen-bond donors (Lipinski definition) is 2. The van der Waals surface area contributed by atoms with E-state index >= 15 is 0 Å². The lowest BCUT2D eigenvalue weighted by Gasteiger charge is -2.25. The van der Waals surface area contributed by atoms with E-state index in [0.29, 0.717) is 31.1 Å². The van der Waals surface area contributed by atoms with E-state index in [1.807, 2.05) is 6.92 Å². The third-order valence-corrected chi connectivity index (χ3v) is 5.33. The summed E-state index contributed by atoms with van der Waals surface area (Å²) >= 11 is 0. The average molecular weight is 440 g/mol. The number of carbonyl (C=O) groups is 2. The van der Waals surface area contributed by atoms with Crippen LogP contribution in [0.1, 0.15) is 30.5 Å². The van der Waals surface area contributed by atoms with E-state index in [1.54, 1.807) is 6.07 Å². The van der Waals surface area contributed by atoms with E-state index in [2.05, 4.69) is 0 Å². The molecule has 0 saturated carbocycles. The minimum Gasteiger partial charge on any atom is -0.507 e. The lowest BCUT2D eigenvalue weighted by Crippen LogP contribution is -2.30. The summed E-state index contributed by atoms with van der Waals surface area (Å²) in [5, 5.41) is 32.2. The molecule has 1 saturated heterocycles. The summed E-state index contributed by atoms with van der Waals surface area (Å²) in [4.78, 5) is 37.5. The summed E-state index contributed by atoms with van der Waals surface area (Å²) in [5.74, 6) is -1.80. The van der Waals surface area contributed by atoms with Crippen LogP contribution in [0.15, 0.2) is 42.0 Å². The molecule has 2 aliphatic heterocycles. The number of rotatable bonds is 5. The monoisotopic (exact) mass is 440 g/mol. The van der Waals surface area contributed by atoms with Gasteiger partial charge in [-0.05, 0) is 36.2 Å². The van der Waals surface area contributed by atoms with Gasteiger partial charge in [0.15, 0.2) is 17.2 Å². The van der Waals surface area contributed by atoms with Crippen LogP contribution in [0, 0.1) is 10.1 Å². The van der Waals surface area contributed by atoms with Gasteiger partial charge in [-0.25, -0.2) is 0 Å². The third-order valence-electron chi connectivity index (χ3n) is 5.33. The molecule has 10 heteroatoms. The number of nitrogens with zero attached hydrogens (tertiary/aromatic N) is 2. The van der Waals surface area contributed by atoms with E-state index < -0.39 is 39.9 Å². The molecule has 2 aromatic rings. The Bertz CT molecular complexity index is 1160. The van der Waals surface area contributed by atoms with Crippen molar-refractivity contribution < 1.29 is 34.2 Å². The summed E-state index contributed by atoms with van der Waals surface area (Å²) in [7, 11) is 0. The second-order valence-electron chi connectivity index (χ2n) is 7.36. The number of Topliss-reactive ketones (excluding diaryl/α,β-unsaturated/α-hetero) is 1. The Hall–Kier alpha value is -4.08. The van der Waals surface area contributed by atoms with E-state index in [4.69, 9.17) is 9.47 Å². The molecule has 0 bridgehead atoms. The molecule has 1 amide bonds. The number of phenolic OH excluding ortho intramolecular Hbond substituents is 1. The number of hydrogen-bond acceptors (Lipinski definition) is 8. The second kappa shape index (κ2) is 8.22. The van der Waals surface area contributed by atoms with Gasteiger partial charge in [-0.2, -0.15) is 0 Å². The number of aliphatic hydroxyl groups excluding tert-OH is 1. The summed E-state index contributed by atoms with van der Waals surface area (Å²) in [6, 6.07) is 7.20. The first kappa shape index (κ1) is 21.2. The van der Waals surface area contributed by atoms with Crippen LogP contribution in [0.3, 0.4) is 0 Å². The predicted molar refractivity (Wildman–Crippen MR) is 111 cm³/mol. The summed E-state index contributed by atoms with van der Waals surface area (Å²) in [6.07, 6.45) is 0.522. The van der Waals surface area contributed by atoms with Gasteiger partial charge in [0.25, 0.3) is 11.7 Å². The lowest BCUT2D eigenvalue weighted by molar-refractivity contribution is -0.385. The minimum absolute atomic E-state index is 0.194. The molecular formula is C22H20N2O8. The van der Waals surface area contributed by atoms with Crippen LogP contribution in [0.25, 0.3) is 5.76 Å².